The zero-order chi connectivity index (χ0) is 15.5. The van der Waals surface area contributed by atoms with Crippen molar-refractivity contribution in [3.63, 3.8) is 0 Å². The molecule has 5 nitrogen and oxygen atoms in total. The molecule has 6 heteroatoms. The number of benzene rings is 1. The topological polar surface area (TPSA) is 72.8 Å². The molecule has 0 spiro atoms. The highest BCUT2D eigenvalue weighted by atomic mass is 32.2. The first-order valence-corrected chi connectivity index (χ1v) is 7.51. The molecule has 0 aliphatic carbocycles. The highest BCUT2D eigenvalue weighted by Gasteiger charge is 2.05. The van der Waals surface area contributed by atoms with Crippen LogP contribution in [0, 0.1) is 0 Å². The average molecular weight is 310 g/mol. The number of carboxylic acids is 1. The summed E-state index contributed by atoms with van der Waals surface area (Å²) in [5, 5.41) is 8.33. The van der Waals surface area contributed by atoms with Gasteiger partial charge >= 0.3 is 11.9 Å². The van der Waals surface area contributed by atoms with E-state index in [-0.39, 0.29) is 13.2 Å². The summed E-state index contributed by atoms with van der Waals surface area (Å²) < 4.78 is 9.52. The van der Waals surface area contributed by atoms with Crippen LogP contribution in [-0.2, 0) is 19.1 Å². The predicted octanol–water partition coefficient (Wildman–Crippen LogP) is 2.08. The quantitative estimate of drug-likeness (QED) is 0.527. The van der Waals surface area contributed by atoms with Crippen molar-refractivity contribution in [1.82, 2.24) is 0 Å². The highest BCUT2D eigenvalue weighted by Crippen LogP contribution is 2.17. The van der Waals surface area contributed by atoms with Gasteiger partial charge in [0, 0.05) is 11.5 Å². The third-order valence-corrected chi connectivity index (χ3v) is 3.40. The Morgan fingerprint density at radius 3 is 2.57 bits per heavy atom. The van der Waals surface area contributed by atoms with E-state index in [4.69, 9.17) is 9.84 Å². The fourth-order valence-electron chi connectivity index (χ4n) is 1.43. The van der Waals surface area contributed by atoms with E-state index in [1.165, 1.54) is 0 Å². The summed E-state index contributed by atoms with van der Waals surface area (Å²) in [6, 6.07) is 9.88. The van der Waals surface area contributed by atoms with Crippen LogP contribution >= 0.6 is 11.8 Å². The second-order valence-corrected chi connectivity index (χ2v) is 5.23. The SMILES string of the molecule is C=C(CSCCOC(=O)COCC(=O)O)c1ccccc1. The van der Waals surface area contributed by atoms with E-state index in [0.717, 1.165) is 16.9 Å². The van der Waals surface area contributed by atoms with Gasteiger partial charge < -0.3 is 14.6 Å². The van der Waals surface area contributed by atoms with Crippen molar-refractivity contribution in [2.24, 2.45) is 0 Å². The first-order valence-electron chi connectivity index (χ1n) is 6.35. The number of carboxylic acid groups (broad SMARTS) is 1. The van der Waals surface area contributed by atoms with Gasteiger partial charge in [-0.3, -0.25) is 0 Å². The van der Waals surface area contributed by atoms with Gasteiger partial charge in [-0.05, 0) is 11.1 Å². The fraction of sp³-hybridized carbons (Fsp3) is 0.333. The maximum Gasteiger partial charge on any atom is 0.332 e. The number of ether oxygens (including phenoxy) is 2. The molecule has 0 aliphatic heterocycles. The number of hydrogen-bond acceptors (Lipinski definition) is 5. The summed E-state index contributed by atoms with van der Waals surface area (Å²) in [5.74, 6) is -0.260. The molecule has 0 fully saturated rings. The molecule has 0 radical (unpaired) electrons. The molecule has 0 heterocycles. The van der Waals surface area contributed by atoms with Crippen LogP contribution in [0.4, 0.5) is 0 Å². The Labute approximate surface area is 127 Å². The van der Waals surface area contributed by atoms with Crippen LogP contribution in [0.2, 0.25) is 0 Å². The van der Waals surface area contributed by atoms with Crippen LogP contribution in [0.1, 0.15) is 5.56 Å². The Hall–Kier alpha value is -1.79. The number of aliphatic carboxylic acids is 1. The number of carbonyl (C=O) groups excluding carboxylic acids is 1. The smallest absolute Gasteiger partial charge is 0.332 e. The van der Waals surface area contributed by atoms with Gasteiger partial charge in [-0.2, -0.15) is 11.8 Å². The van der Waals surface area contributed by atoms with Gasteiger partial charge in [0.15, 0.2) is 0 Å². The molecule has 1 N–H and O–H groups in total. The molecule has 0 bridgehead atoms. The van der Waals surface area contributed by atoms with Crippen molar-refractivity contribution in [2.45, 2.75) is 0 Å². The Balaban J connectivity index is 2.05. The first kappa shape index (κ1) is 17.3. The molecule has 114 valence electrons. The first-order chi connectivity index (χ1) is 10.1. The van der Waals surface area contributed by atoms with Crippen molar-refractivity contribution >= 4 is 29.3 Å². The lowest BCUT2D eigenvalue weighted by molar-refractivity contribution is -0.152. The van der Waals surface area contributed by atoms with E-state index in [2.05, 4.69) is 11.3 Å². The van der Waals surface area contributed by atoms with Crippen LogP contribution in [0.3, 0.4) is 0 Å². The molecule has 0 amide bonds. The van der Waals surface area contributed by atoms with Crippen LogP contribution in [-0.4, -0.2) is 48.4 Å². The van der Waals surface area contributed by atoms with E-state index in [1.54, 1.807) is 11.8 Å². The minimum absolute atomic E-state index is 0.266. The molecule has 0 unspecified atom stereocenters. The third-order valence-electron chi connectivity index (χ3n) is 2.39. The molecule has 0 saturated carbocycles. The molecule has 0 saturated heterocycles. The van der Waals surface area contributed by atoms with Crippen LogP contribution in [0.5, 0.6) is 0 Å². The van der Waals surface area contributed by atoms with Gasteiger partial charge in [-0.25, -0.2) is 9.59 Å². The lowest BCUT2D eigenvalue weighted by Gasteiger charge is -2.07. The Bertz CT molecular complexity index is 472. The lowest BCUT2D eigenvalue weighted by atomic mass is 10.1. The van der Waals surface area contributed by atoms with Gasteiger partial charge in [0.05, 0.1) is 0 Å². The minimum Gasteiger partial charge on any atom is -0.480 e. The molecule has 0 aliphatic rings. The van der Waals surface area contributed by atoms with E-state index < -0.39 is 18.5 Å². The second kappa shape index (κ2) is 10.0. The van der Waals surface area contributed by atoms with Crippen molar-refractivity contribution in [3.8, 4) is 0 Å². The molecular formula is C15H18O5S. The van der Waals surface area contributed by atoms with Gasteiger partial charge in [0.25, 0.3) is 0 Å². The van der Waals surface area contributed by atoms with E-state index in [9.17, 15) is 9.59 Å². The number of esters is 1. The molecule has 1 rings (SSSR count). The molecule has 0 aromatic heterocycles. The zero-order valence-corrected chi connectivity index (χ0v) is 12.4. The normalized spacial score (nSPS) is 10.1. The van der Waals surface area contributed by atoms with Crippen molar-refractivity contribution in [1.29, 1.82) is 0 Å². The maximum atomic E-state index is 11.2. The highest BCUT2D eigenvalue weighted by molar-refractivity contribution is 7.99. The van der Waals surface area contributed by atoms with E-state index in [1.807, 2.05) is 30.3 Å². The molecule has 21 heavy (non-hydrogen) atoms. The third kappa shape index (κ3) is 8.16. The fourth-order valence-corrected chi connectivity index (χ4v) is 2.19. The van der Waals surface area contributed by atoms with Crippen molar-refractivity contribution in [3.05, 3.63) is 42.5 Å². The summed E-state index contributed by atoms with van der Waals surface area (Å²) in [7, 11) is 0. The molecule has 1 aromatic carbocycles. The molecular weight excluding hydrogens is 292 g/mol. The summed E-state index contributed by atoms with van der Waals surface area (Å²) >= 11 is 1.62. The lowest BCUT2D eigenvalue weighted by Crippen LogP contribution is -2.17. The van der Waals surface area contributed by atoms with Crippen LogP contribution < -0.4 is 0 Å². The van der Waals surface area contributed by atoms with Gasteiger partial charge in [-0.1, -0.05) is 36.9 Å². The average Bonchev–Trinajstić information content (AvgIpc) is 2.47. The van der Waals surface area contributed by atoms with Gasteiger partial charge in [0.2, 0.25) is 0 Å². The van der Waals surface area contributed by atoms with Crippen molar-refractivity contribution < 1.29 is 24.2 Å². The molecule has 0 atom stereocenters. The summed E-state index contributed by atoms with van der Waals surface area (Å²) in [4.78, 5) is 21.3. The Morgan fingerprint density at radius 2 is 1.90 bits per heavy atom. The Morgan fingerprint density at radius 1 is 1.19 bits per heavy atom. The number of thioether (sulfide) groups is 1. The van der Waals surface area contributed by atoms with Crippen LogP contribution in [0.25, 0.3) is 5.57 Å². The minimum atomic E-state index is -1.11. The van der Waals surface area contributed by atoms with Crippen LogP contribution in [0.15, 0.2) is 36.9 Å². The number of carbonyl (C=O) groups is 2. The maximum absolute atomic E-state index is 11.2. The number of hydrogen-bond donors (Lipinski definition) is 1. The zero-order valence-electron chi connectivity index (χ0n) is 11.6. The second-order valence-electron chi connectivity index (χ2n) is 4.13. The standard InChI is InChI=1S/C15H18O5S/c1-12(13-5-3-2-4-6-13)11-21-8-7-20-15(18)10-19-9-14(16)17/h2-6H,1,7-11H2,(H,16,17). The summed E-state index contributed by atoms with van der Waals surface area (Å²) in [5.41, 5.74) is 2.13. The summed E-state index contributed by atoms with van der Waals surface area (Å²) in [6.07, 6.45) is 0. The Kier molecular flexibility index (Phi) is 8.23. The van der Waals surface area contributed by atoms with E-state index in [0.29, 0.717) is 5.75 Å². The monoisotopic (exact) mass is 310 g/mol. The predicted molar refractivity (Wildman–Crippen MR) is 82.2 cm³/mol. The van der Waals surface area contributed by atoms with Gasteiger partial charge in [0.1, 0.15) is 19.8 Å². The van der Waals surface area contributed by atoms with Gasteiger partial charge in [-0.15, -0.1) is 0 Å². The largest absolute Gasteiger partial charge is 0.480 e. The summed E-state index contributed by atoms with van der Waals surface area (Å²) in [6.45, 7) is 3.44. The number of rotatable bonds is 10. The van der Waals surface area contributed by atoms with Crippen molar-refractivity contribution in [2.75, 3.05) is 31.3 Å². The van der Waals surface area contributed by atoms with E-state index >= 15 is 0 Å². The molecule has 1 aromatic rings.